The highest BCUT2D eigenvalue weighted by Crippen LogP contribution is 2.45. The predicted molar refractivity (Wildman–Crippen MR) is 82.0 cm³/mol. The number of aromatic nitrogens is 2. The molecular formula is C15H16N4O4. The Hall–Kier alpha value is -2.77. The average Bonchev–Trinajstić information content (AvgIpc) is 3.26. The first-order valence-corrected chi connectivity index (χ1v) is 7.46. The number of rotatable bonds is 1. The summed E-state index contributed by atoms with van der Waals surface area (Å²) in [6.45, 7) is 1.67. The van der Waals surface area contributed by atoms with Crippen LogP contribution in [0.3, 0.4) is 0 Å². The van der Waals surface area contributed by atoms with Gasteiger partial charge in [0.25, 0.3) is 5.56 Å². The van der Waals surface area contributed by atoms with Gasteiger partial charge >= 0.3 is 6.09 Å². The van der Waals surface area contributed by atoms with E-state index in [9.17, 15) is 19.8 Å². The highest BCUT2D eigenvalue weighted by atomic mass is 16.4. The molecule has 1 saturated carbocycles. The van der Waals surface area contributed by atoms with Crippen molar-refractivity contribution < 1.29 is 15.0 Å². The highest BCUT2D eigenvalue weighted by Gasteiger charge is 2.53. The van der Waals surface area contributed by atoms with Gasteiger partial charge in [-0.25, -0.2) is 4.79 Å². The Balaban J connectivity index is 1.68. The van der Waals surface area contributed by atoms with Crippen LogP contribution in [-0.4, -0.2) is 55.8 Å². The SMILES string of the molecule is O=C(O)N1CCN(c2ccc3nc(O)cc(=O)n3c2)CC12CC2. The Labute approximate surface area is 131 Å². The number of carboxylic acid groups (broad SMARTS) is 1. The molecule has 0 atom stereocenters. The van der Waals surface area contributed by atoms with Crippen LogP contribution in [0.25, 0.3) is 5.65 Å². The number of amides is 1. The smallest absolute Gasteiger partial charge is 0.407 e. The van der Waals surface area contributed by atoms with E-state index in [0.717, 1.165) is 24.6 Å². The van der Waals surface area contributed by atoms with Crippen LogP contribution in [0, 0.1) is 0 Å². The van der Waals surface area contributed by atoms with Crippen LogP contribution >= 0.6 is 0 Å². The van der Waals surface area contributed by atoms with Crippen LogP contribution in [0.4, 0.5) is 10.5 Å². The molecule has 4 rings (SSSR count). The molecule has 8 heteroatoms. The van der Waals surface area contributed by atoms with E-state index in [4.69, 9.17) is 0 Å². The maximum Gasteiger partial charge on any atom is 0.407 e. The molecule has 8 nitrogen and oxygen atoms in total. The van der Waals surface area contributed by atoms with Gasteiger partial charge in [0.2, 0.25) is 5.88 Å². The lowest BCUT2D eigenvalue weighted by Crippen LogP contribution is -2.56. The van der Waals surface area contributed by atoms with Crippen LogP contribution < -0.4 is 10.5 Å². The number of aromatic hydroxyl groups is 1. The molecule has 2 aromatic rings. The Morgan fingerprint density at radius 2 is 2.04 bits per heavy atom. The van der Waals surface area contributed by atoms with Gasteiger partial charge in [0, 0.05) is 25.8 Å². The molecule has 1 saturated heterocycles. The van der Waals surface area contributed by atoms with E-state index in [1.165, 1.54) is 9.30 Å². The van der Waals surface area contributed by atoms with Gasteiger partial charge in [-0.3, -0.25) is 14.1 Å². The zero-order valence-electron chi connectivity index (χ0n) is 12.3. The van der Waals surface area contributed by atoms with Crippen molar-refractivity contribution in [3.8, 4) is 5.88 Å². The number of carbonyl (C=O) groups is 1. The minimum Gasteiger partial charge on any atom is -0.493 e. The molecule has 120 valence electrons. The van der Waals surface area contributed by atoms with Crippen molar-refractivity contribution in [1.29, 1.82) is 0 Å². The fourth-order valence-electron chi connectivity index (χ4n) is 3.33. The van der Waals surface area contributed by atoms with Gasteiger partial charge in [0.15, 0.2) is 0 Å². The average molecular weight is 316 g/mol. The molecular weight excluding hydrogens is 300 g/mol. The van der Waals surface area contributed by atoms with Crippen LogP contribution in [0.15, 0.2) is 29.2 Å². The third-order valence-electron chi connectivity index (χ3n) is 4.70. The summed E-state index contributed by atoms with van der Waals surface area (Å²) in [7, 11) is 0. The molecule has 2 fully saturated rings. The van der Waals surface area contributed by atoms with Crippen molar-refractivity contribution in [3.63, 3.8) is 0 Å². The number of piperazine rings is 1. The van der Waals surface area contributed by atoms with E-state index >= 15 is 0 Å². The van der Waals surface area contributed by atoms with Gasteiger partial charge in [-0.05, 0) is 25.0 Å². The fourth-order valence-corrected chi connectivity index (χ4v) is 3.33. The Morgan fingerprint density at radius 1 is 1.26 bits per heavy atom. The fraction of sp³-hybridized carbons (Fsp3) is 0.400. The summed E-state index contributed by atoms with van der Waals surface area (Å²) in [5.74, 6) is -0.297. The van der Waals surface area contributed by atoms with Gasteiger partial charge < -0.3 is 15.1 Å². The molecule has 0 aromatic carbocycles. The second-order valence-corrected chi connectivity index (χ2v) is 6.15. The quantitative estimate of drug-likeness (QED) is 0.805. The molecule has 2 aliphatic rings. The van der Waals surface area contributed by atoms with E-state index in [0.29, 0.717) is 25.3 Å². The summed E-state index contributed by atoms with van der Waals surface area (Å²) in [6, 6.07) is 4.59. The number of fused-ring (bicyclic) bond motifs is 1. The Bertz CT molecular complexity index is 858. The summed E-state index contributed by atoms with van der Waals surface area (Å²) in [5, 5.41) is 18.7. The number of anilines is 1. The molecule has 1 amide bonds. The van der Waals surface area contributed by atoms with Crippen molar-refractivity contribution in [2.75, 3.05) is 24.5 Å². The summed E-state index contributed by atoms with van der Waals surface area (Å²) >= 11 is 0. The second-order valence-electron chi connectivity index (χ2n) is 6.15. The highest BCUT2D eigenvalue weighted by molar-refractivity contribution is 5.68. The number of nitrogens with zero attached hydrogens (tertiary/aromatic N) is 4. The standard InChI is InChI=1S/C15H16N4O4/c20-12-7-13(21)18-8-10(1-2-11(18)16-12)17-5-6-19(14(22)23)15(9-17)3-4-15/h1-2,7-8,20H,3-6,9H2,(H,22,23). The third kappa shape index (κ3) is 2.18. The van der Waals surface area contributed by atoms with Gasteiger partial charge in [-0.15, -0.1) is 0 Å². The summed E-state index contributed by atoms with van der Waals surface area (Å²) in [4.78, 5) is 30.9. The number of hydrogen-bond acceptors (Lipinski definition) is 5. The van der Waals surface area contributed by atoms with Gasteiger partial charge in [0.05, 0.1) is 17.3 Å². The molecule has 0 radical (unpaired) electrons. The van der Waals surface area contributed by atoms with Crippen LogP contribution in [0.2, 0.25) is 0 Å². The Morgan fingerprint density at radius 3 is 2.74 bits per heavy atom. The first-order valence-electron chi connectivity index (χ1n) is 7.46. The van der Waals surface area contributed by atoms with Gasteiger partial charge in [0.1, 0.15) is 5.65 Å². The number of hydrogen-bond donors (Lipinski definition) is 2. The minimum atomic E-state index is -0.864. The molecule has 2 N–H and O–H groups in total. The molecule has 2 aromatic heterocycles. The van der Waals surface area contributed by atoms with Gasteiger partial charge in [-0.2, -0.15) is 4.98 Å². The zero-order valence-corrected chi connectivity index (χ0v) is 12.3. The second kappa shape index (κ2) is 4.61. The zero-order chi connectivity index (χ0) is 16.2. The molecule has 0 bridgehead atoms. The van der Waals surface area contributed by atoms with Crippen molar-refractivity contribution in [2.45, 2.75) is 18.4 Å². The van der Waals surface area contributed by atoms with E-state index in [-0.39, 0.29) is 17.0 Å². The lowest BCUT2D eigenvalue weighted by Gasteiger charge is -2.41. The number of pyridine rings is 1. The van der Waals surface area contributed by atoms with E-state index in [1.54, 1.807) is 12.3 Å². The van der Waals surface area contributed by atoms with Crippen molar-refractivity contribution >= 4 is 17.4 Å². The minimum absolute atomic E-state index is 0.281. The molecule has 3 heterocycles. The van der Waals surface area contributed by atoms with Gasteiger partial charge in [-0.1, -0.05) is 0 Å². The maximum absolute atomic E-state index is 12.0. The molecule has 0 unspecified atom stereocenters. The maximum atomic E-state index is 12.0. The van der Waals surface area contributed by atoms with Crippen LogP contribution in [-0.2, 0) is 0 Å². The van der Waals surface area contributed by atoms with Crippen molar-refractivity contribution in [2.24, 2.45) is 0 Å². The largest absolute Gasteiger partial charge is 0.493 e. The lowest BCUT2D eigenvalue weighted by molar-refractivity contribution is 0.110. The first kappa shape index (κ1) is 13.9. The van der Waals surface area contributed by atoms with E-state index in [2.05, 4.69) is 9.88 Å². The van der Waals surface area contributed by atoms with Crippen molar-refractivity contribution in [3.05, 3.63) is 34.7 Å². The normalized spacial score (nSPS) is 19.3. The first-order chi connectivity index (χ1) is 11.0. The monoisotopic (exact) mass is 316 g/mol. The summed E-state index contributed by atoms with van der Waals surface area (Å²) in [5.41, 5.74) is 0.601. The van der Waals surface area contributed by atoms with Crippen LogP contribution in [0.1, 0.15) is 12.8 Å². The molecule has 1 aliphatic heterocycles. The Kier molecular flexibility index (Phi) is 2.78. The van der Waals surface area contributed by atoms with E-state index < -0.39 is 6.09 Å². The molecule has 23 heavy (non-hydrogen) atoms. The summed E-state index contributed by atoms with van der Waals surface area (Å²) < 4.78 is 1.39. The summed E-state index contributed by atoms with van der Waals surface area (Å²) in [6.07, 6.45) is 2.57. The lowest BCUT2D eigenvalue weighted by atomic mass is 10.1. The van der Waals surface area contributed by atoms with Crippen molar-refractivity contribution in [1.82, 2.24) is 14.3 Å². The molecule has 1 spiro atoms. The topological polar surface area (TPSA) is 98.4 Å². The predicted octanol–water partition coefficient (Wildman–Crippen LogP) is 0.733. The van der Waals surface area contributed by atoms with E-state index in [1.807, 2.05) is 6.07 Å². The molecule has 1 aliphatic carbocycles. The van der Waals surface area contributed by atoms with Crippen LogP contribution in [0.5, 0.6) is 5.88 Å². The third-order valence-corrected chi connectivity index (χ3v) is 4.70.